The number of hydrogen-bond acceptors (Lipinski definition) is 5. The van der Waals surface area contributed by atoms with Gasteiger partial charge in [-0.05, 0) is 22.9 Å². The third kappa shape index (κ3) is 3.27. The summed E-state index contributed by atoms with van der Waals surface area (Å²) < 4.78 is 27.1. The minimum Gasteiger partial charge on any atom is -0.343 e. The van der Waals surface area contributed by atoms with Crippen molar-refractivity contribution in [1.82, 2.24) is 9.97 Å². The fourth-order valence-electron chi connectivity index (χ4n) is 0.516. The highest BCUT2D eigenvalue weighted by Gasteiger charge is 2.10. The van der Waals surface area contributed by atoms with Crippen molar-refractivity contribution in [3.8, 4) is 6.01 Å². The first kappa shape index (κ1) is 10.4. The third-order valence-electron chi connectivity index (χ3n) is 1.15. The summed E-state index contributed by atoms with van der Waals surface area (Å²) in [7, 11) is -3.53. The van der Waals surface area contributed by atoms with Gasteiger partial charge in [0.05, 0.1) is 10.2 Å². The summed E-state index contributed by atoms with van der Waals surface area (Å²) in [6.07, 6.45) is 2.82. The van der Waals surface area contributed by atoms with E-state index in [1.165, 1.54) is 19.3 Å². The van der Waals surface area contributed by atoms with E-state index >= 15 is 0 Å². The lowest BCUT2D eigenvalue weighted by molar-refractivity contribution is 0.465. The Labute approximate surface area is 84.4 Å². The summed E-state index contributed by atoms with van der Waals surface area (Å²) in [4.78, 5) is 7.30. The first-order valence-corrected chi connectivity index (χ1v) is 5.80. The van der Waals surface area contributed by atoms with Crippen LogP contribution in [0.3, 0.4) is 0 Å². The SMILES string of the molecule is CCS(=O)(=O)Oc1ncc(Br)cn1. The van der Waals surface area contributed by atoms with Gasteiger partial charge in [0.2, 0.25) is 0 Å². The van der Waals surface area contributed by atoms with Crippen molar-refractivity contribution in [2.75, 3.05) is 5.75 Å². The second kappa shape index (κ2) is 4.01. The van der Waals surface area contributed by atoms with Crippen LogP contribution in [-0.2, 0) is 10.1 Å². The summed E-state index contributed by atoms with van der Waals surface area (Å²) in [5.41, 5.74) is 0. The summed E-state index contributed by atoms with van der Waals surface area (Å²) in [5, 5.41) is 0. The second-order valence-corrected chi connectivity index (χ2v) is 4.89. The zero-order valence-corrected chi connectivity index (χ0v) is 9.17. The van der Waals surface area contributed by atoms with E-state index in [9.17, 15) is 8.42 Å². The standard InChI is InChI=1S/C6H7BrN2O3S/c1-2-13(10,11)12-6-8-3-5(7)4-9-6/h3-4H,2H2,1H3. The van der Waals surface area contributed by atoms with Crippen LogP contribution < -0.4 is 4.18 Å². The van der Waals surface area contributed by atoms with Crippen LogP contribution in [0.25, 0.3) is 0 Å². The van der Waals surface area contributed by atoms with Crippen LogP contribution in [-0.4, -0.2) is 24.1 Å². The Hall–Kier alpha value is -0.690. The molecule has 1 aromatic rings. The molecular formula is C6H7BrN2O3S. The van der Waals surface area contributed by atoms with Crippen molar-refractivity contribution < 1.29 is 12.6 Å². The maximum atomic E-state index is 10.9. The summed E-state index contributed by atoms with van der Waals surface area (Å²) in [6, 6.07) is -0.162. The van der Waals surface area contributed by atoms with Gasteiger partial charge in [0.25, 0.3) is 0 Å². The van der Waals surface area contributed by atoms with Gasteiger partial charge in [-0.3, -0.25) is 0 Å². The number of rotatable bonds is 3. The molecule has 0 aliphatic rings. The maximum Gasteiger partial charge on any atom is 0.332 e. The molecular weight excluding hydrogens is 260 g/mol. The molecule has 1 heterocycles. The summed E-state index contributed by atoms with van der Waals surface area (Å²) >= 11 is 3.11. The maximum absolute atomic E-state index is 10.9. The van der Waals surface area contributed by atoms with Crippen LogP contribution >= 0.6 is 15.9 Å². The normalized spacial score (nSPS) is 11.2. The van der Waals surface area contributed by atoms with Gasteiger partial charge in [-0.25, -0.2) is 9.97 Å². The van der Waals surface area contributed by atoms with Crippen molar-refractivity contribution in [3.05, 3.63) is 16.9 Å². The Morgan fingerprint density at radius 3 is 2.46 bits per heavy atom. The molecule has 0 spiro atoms. The van der Waals surface area contributed by atoms with Crippen LogP contribution in [0.5, 0.6) is 6.01 Å². The summed E-state index contributed by atoms with van der Waals surface area (Å²) in [6.45, 7) is 1.48. The smallest absolute Gasteiger partial charge is 0.332 e. The van der Waals surface area contributed by atoms with E-state index in [2.05, 4.69) is 30.1 Å². The Kier molecular flexibility index (Phi) is 3.21. The highest BCUT2D eigenvalue weighted by Crippen LogP contribution is 2.09. The Morgan fingerprint density at radius 1 is 1.46 bits per heavy atom. The van der Waals surface area contributed by atoms with Crippen molar-refractivity contribution >= 4 is 26.0 Å². The molecule has 0 aliphatic heterocycles. The second-order valence-electron chi connectivity index (χ2n) is 2.11. The largest absolute Gasteiger partial charge is 0.343 e. The molecule has 0 N–H and O–H groups in total. The fraction of sp³-hybridized carbons (Fsp3) is 0.333. The highest BCUT2D eigenvalue weighted by atomic mass is 79.9. The molecule has 0 aromatic carbocycles. The van der Waals surface area contributed by atoms with E-state index in [0.29, 0.717) is 4.47 Å². The van der Waals surface area contributed by atoms with Crippen LogP contribution in [0.15, 0.2) is 16.9 Å². The molecule has 5 nitrogen and oxygen atoms in total. The van der Waals surface area contributed by atoms with E-state index in [1.807, 2.05) is 0 Å². The van der Waals surface area contributed by atoms with Gasteiger partial charge in [-0.1, -0.05) is 0 Å². The van der Waals surface area contributed by atoms with Gasteiger partial charge in [0.1, 0.15) is 0 Å². The minimum absolute atomic E-state index is 0.105. The fourth-order valence-corrected chi connectivity index (χ4v) is 1.15. The molecule has 0 aliphatic carbocycles. The average molecular weight is 267 g/mol. The van der Waals surface area contributed by atoms with Gasteiger partial charge in [-0.2, -0.15) is 8.42 Å². The number of hydrogen-bond donors (Lipinski definition) is 0. The molecule has 0 saturated carbocycles. The number of halogens is 1. The van der Waals surface area contributed by atoms with E-state index in [-0.39, 0.29) is 11.8 Å². The van der Waals surface area contributed by atoms with Crippen molar-refractivity contribution in [2.24, 2.45) is 0 Å². The number of aromatic nitrogens is 2. The van der Waals surface area contributed by atoms with E-state index in [0.717, 1.165) is 0 Å². The monoisotopic (exact) mass is 266 g/mol. The molecule has 7 heteroatoms. The van der Waals surface area contributed by atoms with Crippen molar-refractivity contribution in [1.29, 1.82) is 0 Å². The van der Waals surface area contributed by atoms with Crippen molar-refractivity contribution in [2.45, 2.75) is 6.92 Å². The Balaban J connectivity index is 2.82. The molecule has 0 bridgehead atoms. The van der Waals surface area contributed by atoms with Gasteiger partial charge < -0.3 is 4.18 Å². The molecule has 0 amide bonds. The molecule has 0 fully saturated rings. The average Bonchev–Trinajstić information content (AvgIpc) is 2.09. The molecule has 0 unspecified atom stereocenters. The Bertz CT molecular complexity index is 375. The topological polar surface area (TPSA) is 69.2 Å². The van der Waals surface area contributed by atoms with E-state index < -0.39 is 10.1 Å². The van der Waals surface area contributed by atoms with Crippen molar-refractivity contribution in [3.63, 3.8) is 0 Å². The molecule has 72 valence electrons. The molecule has 0 radical (unpaired) electrons. The first-order valence-electron chi connectivity index (χ1n) is 3.43. The minimum atomic E-state index is -3.53. The zero-order chi connectivity index (χ0) is 9.90. The van der Waals surface area contributed by atoms with Gasteiger partial charge >= 0.3 is 16.1 Å². The van der Waals surface area contributed by atoms with Crippen LogP contribution in [0.2, 0.25) is 0 Å². The lowest BCUT2D eigenvalue weighted by Gasteiger charge is -2.01. The van der Waals surface area contributed by atoms with Gasteiger partial charge in [0.15, 0.2) is 0 Å². The van der Waals surface area contributed by atoms with Gasteiger partial charge in [0, 0.05) is 12.4 Å². The Morgan fingerprint density at radius 2 is 2.00 bits per heavy atom. The molecule has 0 saturated heterocycles. The first-order chi connectivity index (χ1) is 6.03. The highest BCUT2D eigenvalue weighted by molar-refractivity contribution is 9.10. The number of nitrogens with zero attached hydrogens (tertiary/aromatic N) is 2. The van der Waals surface area contributed by atoms with E-state index in [1.54, 1.807) is 0 Å². The van der Waals surface area contributed by atoms with Crippen LogP contribution in [0.1, 0.15) is 6.92 Å². The predicted octanol–water partition coefficient (Wildman–Crippen LogP) is 0.968. The zero-order valence-electron chi connectivity index (χ0n) is 6.77. The molecule has 13 heavy (non-hydrogen) atoms. The molecule has 0 atom stereocenters. The third-order valence-corrected chi connectivity index (χ3v) is 2.67. The molecule has 1 aromatic heterocycles. The molecule has 1 rings (SSSR count). The quantitative estimate of drug-likeness (QED) is 0.763. The van der Waals surface area contributed by atoms with Crippen LogP contribution in [0, 0.1) is 0 Å². The van der Waals surface area contributed by atoms with E-state index in [4.69, 9.17) is 0 Å². The lowest BCUT2D eigenvalue weighted by atomic mass is 10.7. The summed E-state index contributed by atoms with van der Waals surface area (Å²) in [5.74, 6) is -0.105. The predicted molar refractivity (Wildman–Crippen MR) is 49.8 cm³/mol. The lowest BCUT2D eigenvalue weighted by Crippen LogP contribution is -2.12. The van der Waals surface area contributed by atoms with Gasteiger partial charge in [-0.15, -0.1) is 0 Å². The van der Waals surface area contributed by atoms with Crippen LogP contribution in [0.4, 0.5) is 0 Å².